The fraction of sp³-hybridized carbons (Fsp3) is 0.500. The lowest BCUT2D eigenvalue weighted by molar-refractivity contribution is 0.201. The minimum atomic E-state index is 0.0822. The Labute approximate surface area is 185 Å². The first-order chi connectivity index (χ1) is 14.3. The summed E-state index contributed by atoms with van der Waals surface area (Å²) in [6, 6.07) is 12.2. The van der Waals surface area contributed by atoms with E-state index < -0.39 is 0 Å². The second-order valence-corrected chi connectivity index (χ2v) is 9.27. The van der Waals surface area contributed by atoms with Gasteiger partial charge in [-0.25, -0.2) is 9.78 Å². The molecule has 2 aromatic rings. The molecule has 2 amide bonds. The van der Waals surface area contributed by atoms with Crippen molar-refractivity contribution in [3.05, 3.63) is 53.2 Å². The van der Waals surface area contributed by atoms with Crippen LogP contribution in [0.3, 0.4) is 0 Å². The summed E-state index contributed by atoms with van der Waals surface area (Å²) in [7, 11) is 0. The third kappa shape index (κ3) is 5.25. The van der Waals surface area contributed by atoms with Crippen molar-refractivity contribution in [3.63, 3.8) is 0 Å². The largest absolute Gasteiger partial charge is 0.352 e. The minimum Gasteiger partial charge on any atom is -0.352 e. The Kier molecular flexibility index (Phi) is 7.24. The number of amides is 2. The normalized spacial score (nSPS) is 14.7. The molecule has 5 nitrogen and oxygen atoms in total. The smallest absolute Gasteiger partial charge is 0.324 e. The van der Waals surface area contributed by atoms with Crippen LogP contribution in [0.1, 0.15) is 46.1 Å². The van der Waals surface area contributed by atoms with Crippen LogP contribution in [0, 0.1) is 0 Å². The lowest BCUT2D eigenvalue weighted by Gasteiger charge is -2.38. The Hall–Kier alpha value is -2.27. The molecule has 1 aromatic carbocycles. The van der Waals surface area contributed by atoms with E-state index in [9.17, 15) is 4.79 Å². The lowest BCUT2D eigenvalue weighted by Crippen LogP contribution is -2.53. The van der Waals surface area contributed by atoms with Crippen molar-refractivity contribution in [2.24, 2.45) is 0 Å². The standard InChI is InChI=1S/C24H33ClN4O/c1-5-6-14-29(20-11-9-19(10-12-20)24(2,3)4)23(30)28-17-15-27(16-18-28)22-21(25)8-7-13-26-22/h7-13H,5-6,14-18H2,1-4H3. The first-order valence-electron chi connectivity index (χ1n) is 10.8. The summed E-state index contributed by atoms with van der Waals surface area (Å²) in [4.78, 5) is 23.8. The van der Waals surface area contributed by atoms with Gasteiger partial charge in [-0.05, 0) is 41.7 Å². The van der Waals surface area contributed by atoms with Crippen molar-refractivity contribution >= 4 is 29.1 Å². The van der Waals surface area contributed by atoms with Crippen molar-refractivity contribution in [2.45, 2.75) is 46.0 Å². The number of halogens is 1. The first kappa shape index (κ1) is 22.4. The maximum atomic E-state index is 13.4. The van der Waals surface area contributed by atoms with E-state index in [0.717, 1.165) is 44.0 Å². The Bertz CT molecular complexity index is 839. The highest BCUT2D eigenvalue weighted by Crippen LogP contribution is 2.27. The number of benzene rings is 1. The van der Waals surface area contributed by atoms with Crippen molar-refractivity contribution in [1.82, 2.24) is 9.88 Å². The molecule has 2 heterocycles. The number of hydrogen-bond donors (Lipinski definition) is 0. The number of urea groups is 1. The summed E-state index contributed by atoms with van der Waals surface area (Å²) < 4.78 is 0. The third-order valence-corrected chi connectivity index (χ3v) is 5.89. The van der Waals surface area contributed by atoms with Crippen LogP contribution < -0.4 is 9.80 Å². The van der Waals surface area contributed by atoms with E-state index in [-0.39, 0.29) is 11.4 Å². The molecule has 0 saturated carbocycles. The minimum absolute atomic E-state index is 0.0822. The average Bonchev–Trinajstić information content (AvgIpc) is 2.74. The van der Waals surface area contributed by atoms with Crippen molar-refractivity contribution in [3.8, 4) is 0 Å². The third-order valence-electron chi connectivity index (χ3n) is 5.60. The van der Waals surface area contributed by atoms with E-state index >= 15 is 0 Å². The Morgan fingerprint density at radius 3 is 2.33 bits per heavy atom. The van der Waals surface area contributed by atoms with Gasteiger partial charge in [0.1, 0.15) is 5.82 Å². The Balaban J connectivity index is 1.71. The number of carbonyl (C=O) groups excluding carboxylic acids is 1. The number of aromatic nitrogens is 1. The molecule has 6 heteroatoms. The molecule has 0 unspecified atom stereocenters. The fourth-order valence-electron chi connectivity index (χ4n) is 3.68. The SMILES string of the molecule is CCCCN(C(=O)N1CCN(c2ncccc2Cl)CC1)c1ccc(C(C)(C)C)cc1. The highest BCUT2D eigenvalue weighted by atomic mass is 35.5. The van der Waals surface area contributed by atoms with Crippen LogP contribution in [0.5, 0.6) is 0 Å². The molecule has 0 N–H and O–H groups in total. The second-order valence-electron chi connectivity index (χ2n) is 8.87. The number of pyridine rings is 1. The lowest BCUT2D eigenvalue weighted by atomic mass is 9.87. The van der Waals surface area contributed by atoms with Crippen LogP contribution >= 0.6 is 11.6 Å². The number of unbranched alkanes of at least 4 members (excludes halogenated alkanes) is 1. The predicted octanol–water partition coefficient (Wildman–Crippen LogP) is 5.58. The predicted molar refractivity (Wildman–Crippen MR) is 126 cm³/mol. The Morgan fingerprint density at radius 2 is 1.77 bits per heavy atom. The zero-order valence-electron chi connectivity index (χ0n) is 18.6. The number of anilines is 2. The summed E-state index contributed by atoms with van der Waals surface area (Å²) in [5.41, 5.74) is 2.34. The van der Waals surface area contributed by atoms with Gasteiger partial charge in [0.25, 0.3) is 0 Å². The van der Waals surface area contributed by atoms with Crippen LogP contribution in [0.15, 0.2) is 42.6 Å². The number of piperazine rings is 1. The zero-order valence-corrected chi connectivity index (χ0v) is 19.3. The number of nitrogens with zero attached hydrogens (tertiary/aromatic N) is 4. The zero-order chi connectivity index (χ0) is 21.7. The molecule has 1 fully saturated rings. The maximum absolute atomic E-state index is 13.4. The maximum Gasteiger partial charge on any atom is 0.324 e. The highest BCUT2D eigenvalue weighted by Gasteiger charge is 2.27. The molecule has 3 rings (SSSR count). The van der Waals surface area contributed by atoms with Gasteiger partial charge >= 0.3 is 6.03 Å². The van der Waals surface area contributed by atoms with Crippen molar-refractivity contribution < 1.29 is 4.79 Å². The highest BCUT2D eigenvalue weighted by molar-refractivity contribution is 6.32. The number of hydrogen-bond acceptors (Lipinski definition) is 3. The van der Waals surface area contributed by atoms with Crippen LogP contribution in [0.2, 0.25) is 5.02 Å². The first-order valence-corrected chi connectivity index (χ1v) is 11.2. The van der Waals surface area contributed by atoms with Gasteiger partial charge in [0.05, 0.1) is 5.02 Å². The van der Waals surface area contributed by atoms with E-state index in [1.165, 1.54) is 5.56 Å². The summed E-state index contributed by atoms with van der Waals surface area (Å²) in [6.07, 6.45) is 3.79. The van der Waals surface area contributed by atoms with Gasteiger partial charge in [0, 0.05) is 44.6 Å². The molecule has 1 aliphatic rings. The van der Waals surface area contributed by atoms with Gasteiger partial charge in [-0.15, -0.1) is 0 Å². The fourth-order valence-corrected chi connectivity index (χ4v) is 3.92. The van der Waals surface area contributed by atoms with Gasteiger partial charge in [0.15, 0.2) is 0 Å². The summed E-state index contributed by atoms with van der Waals surface area (Å²) in [5, 5.41) is 0.654. The van der Waals surface area contributed by atoms with Crippen LogP contribution in [-0.4, -0.2) is 48.6 Å². The molecule has 162 valence electrons. The molecule has 0 bridgehead atoms. The monoisotopic (exact) mass is 428 g/mol. The van der Waals surface area contributed by atoms with Gasteiger partial charge in [-0.1, -0.05) is 57.8 Å². The van der Waals surface area contributed by atoms with Crippen LogP contribution in [-0.2, 0) is 5.41 Å². The van der Waals surface area contributed by atoms with E-state index in [0.29, 0.717) is 18.1 Å². The molecule has 30 heavy (non-hydrogen) atoms. The molecule has 0 aliphatic carbocycles. The van der Waals surface area contributed by atoms with Crippen LogP contribution in [0.4, 0.5) is 16.3 Å². The Morgan fingerprint density at radius 1 is 1.10 bits per heavy atom. The van der Waals surface area contributed by atoms with Gasteiger partial charge in [-0.3, -0.25) is 4.90 Å². The summed E-state index contributed by atoms with van der Waals surface area (Å²) in [6.45, 7) is 12.3. The molecule has 0 spiro atoms. The molecule has 1 aromatic heterocycles. The number of carbonyl (C=O) groups is 1. The summed E-state index contributed by atoms with van der Waals surface area (Å²) in [5.74, 6) is 0.798. The van der Waals surface area contributed by atoms with Gasteiger partial charge in [-0.2, -0.15) is 0 Å². The van der Waals surface area contributed by atoms with E-state index in [2.05, 4.69) is 61.8 Å². The van der Waals surface area contributed by atoms with Gasteiger partial charge in [0.2, 0.25) is 0 Å². The topological polar surface area (TPSA) is 39.7 Å². The van der Waals surface area contributed by atoms with Crippen LogP contribution in [0.25, 0.3) is 0 Å². The molecular formula is C24H33ClN4O. The van der Waals surface area contributed by atoms with E-state index in [1.807, 2.05) is 21.9 Å². The summed E-state index contributed by atoms with van der Waals surface area (Å²) >= 11 is 6.30. The van der Waals surface area contributed by atoms with Crippen molar-refractivity contribution in [1.29, 1.82) is 0 Å². The van der Waals surface area contributed by atoms with E-state index in [1.54, 1.807) is 6.20 Å². The van der Waals surface area contributed by atoms with E-state index in [4.69, 9.17) is 11.6 Å². The molecule has 0 radical (unpaired) electrons. The quantitative estimate of drug-likeness (QED) is 0.623. The molecule has 1 aliphatic heterocycles. The number of rotatable bonds is 5. The average molecular weight is 429 g/mol. The van der Waals surface area contributed by atoms with Gasteiger partial charge < -0.3 is 9.80 Å². The molecule has 1 saturated heterocycles. The molecular weight excluding hydrogens is 396 g/mol. The molecule has 0 atom stereocenters. The van der Waals surface area contributed by atoms with Crippen molar-refractivity contribution in [2.75, 3.05) is 42.5 Å². The second kappa shape index (κ2) is 9.69.